The van der Waals surface area contributed by atoms with Gasteiger partial charge >= 0.3 is 17.9 Å². The molecule has 2 N–H and O–H groups in total. The highest BCUT2D eigenvalue weighted by molar-refractivity contribution is 5.94. The Hall–Kier alpha value is -2.57. The minimum atomic E-state index is -1.29. The molecule has 0 heterocycles. The molecule has 0 aliphatic rings. The Morgan fingerprint density at radius 2 is 1.48 bits per heavy atom. The molecule has 0 aromatic heterocycles. The molecule has 7 nitrogen and oxygen atoms in total. The maximum absolute atomic E-state index is 11.5. The minimum absolute atomic E-state index is 0.0295. The summed E-state index contributed by atoms with van der Waals surface area (Å²) >= 11 is 0. The number of esters is 1. The number of hydrogen-bond donors (Lipinski definition) is 2. The lowest BCUT2D eigenvalue weighted by Gasteiger charge is -2.19. The standard InChI is InChI=1S/C14H16O7/c1-14(2,3)21-11(15)7-20-10-5-8(12(16)17)4-9(6-10)13(18)19/h4-6H,7H2,1-3H3,(H,16,17)(H,18,19). The van der Waals surface area contributed by atoms with Crippen LogP contribution < -0.4 is 4.74 Å². The fourth-order valence-corrected chi connectivity index (χ4v) is 1.44. The molecule has 1 aromatic rings. The number of carboxylic acid groups (broad SMARTS) is 2. The Labute approximate surface area is 121 Å². The second-order valence-electron chi connectivity index (χ2n) is 5.23. The SMILES string of the molecule is CC(C)(C)OC(=O)COc1cc(C(=O)O)cc(C(=O)O)c1. The summed E-state index contributed by atoms with van der Waals surface area (Å²) < 4.78 is 10.1. The Balaban J connectivity index is 2.86. The van der Waals surface area contributed by atoms with E-state index in [0.29, 0.717) is 0 Å². The van der Waals surface area contributed by atoms with E-state index in [1.807, 2.05) is 0 Å². The third-order valence-corrected chi connectivity index (χ3v) is 2.18. The Bertz CT molecular complexity index is 537. The van der Waals surface area contributed by atoms with Gasteiger partial charge in [0.1, 0.15) is 11.4 Å². The molecule has 0 amide bonds. The zero-order valence-corrected chi connectivity index (χ0v) is 11.9. The van der Waals surface area contributed by atoms with E-state index in [4.69, 9.17) is 19.7 Å². The highest BCUT2D eigenvalue weighted by Crippen LogP contribution is 2.18. The number of hydrogen-bond acceptors (Lipinski definition) is 5. The summed E-state index contributed by atoms with van der Waals surface area (Å²) in [6.07, 6.45) is 0. The van der Waals surface area contributed by atoms with Crippen LogP contribution in [0.15, 0.2) is 18.2 Å². The zero-order chi connectivity index (χ0) is 16.2. The summed E-state index contributed by atoms with van der Waals surface area (Å²) in [7, 11) is 0. The molecule has 0 fully saturated rings. The highest BCUT2D eigenvalue weighted by atomic mass is 16.6. The van der Waals surface area contributed by atoms with Crippen molar-refractivity contribution in [1.29, 1.82) is 0 Å². The Morgan fingerprint density at radius 1 is 1.00 bits per heavy atom. The van der Waals surface area contributed by atoms with Crippen LogP contribution in [0.4, 0.5) is 0 Å². The largest absolute Gasteiger partial charge is 0.482 e. The molecule has 1 rings (SSSR count). The topological polar surface area (TPSA) is 110 Å². The number of carbonyl (C=O) groups is 3. The average Bonchev–Trinajstić information content (AvgIpc) is 2.33. The maximum Gasteiger partial charge on any atom is 0.344 e. The molecule has 21 heavy (non-hydrogen) atoms. The number of ether oxygens (including phenoxy) is 2. The van der Waals surface area contributed by atoms with Crippen molar-refractivity contribution in [3.05, 3.63) is 29.3 Å². The van der Waals surface area contributed by atoms with Gasteiger partial charge in [-0.15, -0.1) is 0 Å². The van der Waals surface area contributed by atoms with E-state index >= 15 is 0 Å². The van der Waals surface area contributed by atoms with Crippen molar-refractivity contribution in [1.82, 2.24) is 0 Å². The zero-order valence-electron chi connectivity index (χ0n) is 11.9. The molecule has 0 saturated heterocycles. The summed E-state index contributed by atoms with van der Waals surface area (Å²) in [4.78, 5) is 33.3. The van der Waals surface area contributed by atoms with Crippen molar-refractivity contribution in [3.63, 3.8) is 0 Å². The van der Waals surface area contributed by atoms with E-state index in [1.54, 1.807) is 20.8 Å². The number of rotatable bonds is 5. The van der Waals surface area contributed by atoms with Crippen LogP contribution in [0.5, 0.6) is 5.75 Å². The number of aromatic carboxylic acids is 2. The lowest BCUT2D eigenvalue weighted by Crippen LogP contribution is -2.27. The number of benzene rings is 1. The first-order valence-corrected chi connectivity index (χ1v) is 6.05. The molecular formula is C14H16O7. The molecule has 0 atom stereocenters. The van der Waals surface area contributed by atoms with Crippen LogP contribution in [-0.2, 0) is 9.53 Å². The maximum atomic E-state index is 11.5. The third kappa shape index (κ3) is 5.52. The van der Waals surface area contributed by atoms with Crippen LogP contribution in [0.2, 0.25) is 0 Å². The van der Waals surface area contributed by atoms with Gasteiger partial charge in [0, 0.05) is 0 Å². The van der Waals surface area contributed by atoms with Crippen molar-refractivity contribution in [2.75, 3.05) is 6.61 Å². The second-order valence-corrected chi connectivity index (χ2v) is 5.23. The quantitative estimate of drug-likeness (QED) is 0.797. The van der Waals surface area contributed by atoms with Crippen LogP contribution in [0, 0.1) is 0 Å². The van der Waals surface area contributed by atoms with Gasteiger partial charge in [-0.3, -0.25) is 0 Å². The molecule has 0 spiro atoms. The fourth-order valence-electron chi connectivity index (χ4n) is 1.44. The third-order valence-electron chi connectivity index (χ3n) is 2.18. The molecule has 0 radical (unpaired) electrons. The monoisotopic (exact) mass is 296 g/mol. The van der Waals surface area contributed by atoms with Crippen molar-refractivity contribution < 1.29 is 34.1 Å². The van der Waals surface area contributed by atoms with Gasteiger partial charge in [0.25, 0.3) is 0 Å². The smallest absolute Gasteiger partial charge is 0.344 e. The van der Waals surface area contributed by atoms with E-state index in [-0.39, 0.29) is 16.9 Å². The second kappa shape index (κ2) is 6.25. The average molecular weight is 296 g/mol. The first-order valence-electron chi connectivity index (χ1n) is 6.05. The van der Waals surface area contributed by atoms with Crippen molar-refractivity contribution in [2.24, 2.45) is 0 Å². The highest BCUT2D eigenvalue weighted by Gasteiger charge is 2.17. The van der Waals surface area contributed by atoms with Gasteiger partial charge in [-0.05, 0) is 39.0 Å². The lowest BCUT2D eigenvalue weighted by molar-refractivity contribution is -0.157. The summed E-state index contributed by atoms with van der Waals surface area (Å²) in [6.45, 7) is 4.63. The van der Waals surface area contributed by atoms with Crippen LogP contribution in [0.3, 0.4) is 0 Å². The van der Waals surface area contributed by atoms with Gasteiger partial charge in [0.15, 0.2) is 6.61 Å². The normalized spacial score (nSPS) is 10.8. The predicted octanol–water partition coefficient (Wildman–Crippen LogP) is 1.80. The van der Waals surface area contributed by atoms with Gasteiger partial charge in [0.2, 0.25) is 0 Å². The lowest BCUT2D eigenvalue weighted by atomic mass is 10.1. The van der Waals surface area contributed by atoms with E-state index in [1.165, 1.54) is 0 Å². The molecule has 0 unspecified atom stereocenters. The van der Waals surface area contributed by atoms with Gasteiger partial charge in [-0.2, -0.15) is 0 Å². The van der Waals surface area contributed by atoms with Gasteiger partial charge < -0.3 is 19.7 Å². The van der Waals surface area contributed by atoms with E-state index < -0.39 is 30.1 Å². The molecule has 114 valence electrons. The van der Waals surface area contributed by atoms with Crippen LogP contribution >= 0.6 is 0 Å². The van der Waals surface area contributed by atoms with E-state index in [0.717, 1.165) is 18.2 Å². The molecule has 0 saturated carbocycles. The van der Waals surface area contributed by atoms with Crippen molar-refractivity contribution in [3.8, 4) is 5.75 Å². The first-order chi connectivity index (χ1) is 9.58. The van der Waals surface area contributed by atoms with Gasteiger partial charge in [-0.25, -0.2) is 14.4 Å². The summed E-state index contributed by atoms with van der Waals surface area (Å²) in [5, 5.41) is 17.8. The van der Waals surface area contributed by atoms with E-state index in [9.17, 15) is 14.4 Å². The number of carboxylic acids is 2. The molecule has 0 bridgehead atoms. The number of carbonyl (C=O) groups excluding carboxylic acids is 1. The molecular weight excluding hydrogens is 280 g/mol. The van der Waals surface area contributed by atoms with Gasteiger partial charge in [0.05, 0.1) is 11.1 Å². The Kier molecular flexibility index (Phi) is 4.91. The summed E-state index contributed by atoms with van der Waals surface area (Å²) in [5.74, 6) is -3.25. The van der Waals surface area contributed by atoms with Crippen LogP contribution in [0.25, 0.3) is 0 Å². The van der Waals surface area contributed by atoms with Crippen LogP contribution in [-0.4, -0.2) is 40.3 Å². The Morgan fingerprint density at radius 3 is 1.86 bits per heavy atom. The summed E-state index contributed by atoms with van der Waals surface area (Å²) in [5.41, 5.74) is -1.15. The van der Waals surface area contributed by atoms with Crippen LogP contribution in [0.1, 0.15) is 41.5 Å². The molecule has 7 heteroatoms. The predicted molar refractivity (Wildman–Crippen MR) is 71.7 cm³/mol. The van der Waals surface area contributed by atoms with Crippen molar-refractivity contribution >= 4 is 17.9 Å². The minimum Gasteiger partial charge on any atom is -0.482 e. The molecule has 0 aliphatic carbocycles. The molecule has 0 aliphatic heterocycles. The van der Waals surface area contributed by atoms with Gasteiger partial charge in [-0.1, -0.05) is 0 Å². The summed E-state index contributed by atoms with van der Waals surface area (Å²) in [6, 6.07) is 3.28. The first kappa shape index (κ1) is 16.5. The van der Waals surface area contributed by atoms with Crippen molar-refractivity contribution in [2.45, 2.75) is 26.4 Å². The van der Waals surface area contributed by atoms with E-state index in [2.05, 4.69) is 0 Å². The molecule has 1 aromatic carbocycles. The fraction of sp³-hybridized carbons (Fsp3) is 0.357.